The topological polar surface area (TPSA) is 92.5 Å². The van der Waals surface area contributed by atoms with Gasteiger partial charge in [0.25, 0.3) is 0 Å². The van der Waals surface area contributed by atoms with Crippen LogP contribution in [0.5, 0.6) is 11.5 Å². The molecule has 0 saturated heterocycles. The van der Waals surface area contributed by atoms with Crippen molar-refractivity contribution in [3.63, 3.8) is 0 Å². The Bertz CT molecular complexity index is 535. The standard InChI is InChI=1S/C15H18N2O2/c1-8-3-10(6-12(16)14(8)18)5-11-4-9(2)15(19)13(17)7-11/h3-4,6-7,18-19H,5,16-17H2,1-2H3. The summed E-state index contributed by atoms with van der Waals surface area (Å²) in [5.74, 6) is 0.260. The monoisotopic (exact) mass is 258 g/mol. The van der Waals surface area contributed by atoms with Gasteiger partial charge in [-0.3, -0.25) is 0 Å². The summed E-state index contributed by atoms with van der Waals surface area (Å²) in [7, 11) is 0. The SMILES string of the molecule is Cc1cc(Cc2cc(C)c(O)c(N)c2)cc(N)c1O. The largest absolute Gasteiger partial charge is 0.506 e. The highest BCUT2D eigenvalue weighted by Crippen LogP contribution is 2.30. The van der Waals surface area contributed by atoms with Gasteiger partial charge in [-0.25, -0.2) is 0 Å². The molecule has 4 nitrogen and oxygen atoms in total. The van der Waals surface area contributed by atoms with E-state index >= 15 is 0 Å². The molecule has 4 heteroatoms. The predicted octanol–water partition coefficient (Wildman–Crippen LogP) is 2.47. The van der Waals surface area contributed by atoms with Crippen molar-refractivity contribution in [2.75, 3.05) is 11.5 Å². The summed E-state index contributed by atoms with van der Waals surface area (Å²) in [5, 5.41) is 19.3. The van der Waals surface area contributed by atoms with Crippen LogP contribution in [0.2, 0.25) is 0 Å². The molecule has 0 radical (unpaired) electrons. The van der Waals surface area contributed by atoms with Crippen LogP contribution in [0.25, 0.3) is 0 Å². The Labute approximate surface area is 112 Å². The van der Waals surface area contributed by atoms with E-state index in [4.69, 9.17) is 11.5 Å². The molecule has 100 valence electrons. The quantitative estimate of drug-likeness (QED) is 0.492. The fourth-order valence-electron chi connectivity index (χ4n) is 2.21. The average Bonchev–Trinajstić information content (AvgIpc) is 2.33. The number of hydrogen-bond donors (Lipinski definition) is 4. The first kappa shape index (κ1) is 13.1. The Hall–Kier alpha value is -2.36. The van der Waals surface area contributed by atoms with Crippen molar-refractivity contribution in [1.29, 1.82) is 0 Å². The lowest BCUT2D eigenvalue weighted by Gasteiger charge is -2.10. The van der Waals surface area contributed by atoms with Crippen LogP contribution < -0.4 is 11.5 Å². The number of phenols is 2. The summed E-state index contributed by atoms with van der Waals surface area (Å²) in [6.07, 6.45) is 0.649. The van der Waals surface area contributed by atoms with Crippen molar-refractivity contribution in [1.82, 2.24) is 0 Å². The van der Waals surface area contributed by atoms with Gasteiger partial charge in [0.1, 0.15) is 11.5 Å². The third kappa shape index (κ3) is 2.57. The third-order valence-corrected chi connectivity index (χ3v) is 3.19. The van der Waals surface area contributed by atoms with Gasteiger partial charge in [0, 0.05) is 0 Å². The zero-order valence-electron chi connectivity index (χ0n) is 11.1. The number of phenolic OH excluding ortho intramolecular Hbond substituents is 2. The second kappa shape index (κ2) is 4.72. The van der Waals surface area contributed by atoms with Crippen LogP contribution in [0.3, 0.4) is 0 Å². The Kier molecular flexibility index (Phi) is 3.25. The van der Waals surface area contributed by atoms with Crippen molar-refractivity contribution < 1.29 is 10.2 Å². The summed E-state index contributed by atoms with van der Waals surface area (Å²) in [6.45, 7) is 3.62. The minimum absolute atomic E-state index is 0.130. The molecule has 2 aromatic rings. The van der Waals surface area contributed by atoms with Crippen LogP contribution in [-0.2, 0) is 6.42 Å². The van der Waals surface area contributed by atoms with Crippen LogP contribution in [0, 0.1) is 13.8 Å². The van der Waals surface area contributed by atoms with E-state index in [9.17, 15) is 10.2 Å². The molecule has 0 aromatic heterocycles. The smallest absolute Gasteiger partial charge is 0.141 e. The molecular weight excluding hydrogens is 240 g/mol. The van der Waals surface area contributed by atoms with Gasteiger partial charge < -0.3 is 21.7 Å². The second-order valence-corrected chi connectivity index (χ2v) is 4.88. The number of benzene rings is 2. The summed E-state index contributed by atoms with van der Waals surface area (Å²) in [5.41, 5.74) is 15.7. The lowest BCUT2D eigenvalue weighted by atomic mass is 9.99. The molecule has 0 saturated carbocycles. The van der Waals surface area contributed by atoms with Gasteiger partial charge in [0.15, 0.2) is 0 Å². The number of rotatable bonds is 2. The highest BCUT2D eigenvalue weighted by atomic mass is 16.3. The summed E-state index contributed by atoms with van der Waals surface area (Å²) in [4.78, 5) is 0. The van der Waals surface area contributed by atoms with Gasteiger partial charge in [0.2, 0.25) is 0 Å². The average molecular weight is 258 g/mol. The van der Waals surface area contributed by atoms with Crippen molar-refractivity contribution in [2.45, 2.75) is 20.3 Å². The van der Waals surface area contributed by atoms with Gasteiger partial charge in [-0.15, -0.1) is 0 Å². The minimum Gasteiger partial charge on any atom is -0.506 e. The first-order valence-electron chi connectivity index (χ1n) is 6.04. The minimum atomic E-state index is 0.130. The lowest BCUT2D eigenvalue weighted by molar-refractivity contribution is 0.473. The number of anilines is 2. The summed E-state index contributed by atoms with van der Waals surface area (Å²) >= 11 is 0. The first-order chi connectivity index (χ1) is 8.88. The molecule has 0 atom stereocenters. The number of nitrogen functional groups attached to an aromatic ring is 2. The Balaban J connectivity index is 2.36. The predicted molar refractivity (Wildman–Crippen MR) is 77.3 cm³/mol. The Morgan fingerprint density at radius 3 is 1.47 bits per heavy atom. The molecule has 0 heterocycles. The molecule has 0 spiro atoms. The number of aryl methyl sites for hydroxylation is 2. The maximum Gasteiger partial charge on any atom is 0.141 e. The maximum atomic E-state index is 9.64. The Morgan fingerprint density at radius 2 is 1.16 bits per heavy atom. The molecule has 0 fully saturated rings. The van der Waals surface area contributed by atoms with Gasteiger partial charge in [0.05, 0.1) is 11.4 Å². The normalized spacial score (nSPS) is 10.6. The van der Waals surface area contributed by atoms with E-state index in [1.807, 2.05) is 26.0 Å². The zero-order chi connectivity index (χ0) is 14.2. The van der Waals surface area contributed by atoms with Crippen LogP contribution in [0.1, 0.15) is 22.3 Å². The molecule has 0 aliphatic carbocycles. The van der Waals surface area contributed by atoms with Crippen LogP contribution in [0.15, 0.2) is 24.3 Å². The fourth-order valence-corrected chi connectivity index (χ4v) is 2.21. The number of aromatic hydroxyl groups is 2. The van der Waals surface area contributed by atoms with Gasteiger partial charge in [-0.1, -0.05) is 12.1 Å². The molecule has 0 aliphatic heterocycles. The number of hydrogen-bond acceptors (Lipinski definition) is 4. The Morgan fingerprint density at radius 1 is 0.789 bits per heavy atom. The third-order valence-electron chi connectivity index (χ3n) is 3.19. The van der Waals surface area contributed by atoms with Crippen LogP contribution in [0.4, 0.5) is 11.4 Å². The molecule has 0 amide bonds. The zero-order valence-corrected chi connectivity index (χ0v) is 11.1. The van der Waals surface area contributed by atoms with Crippen LogP contribution >= 0.6 is 0 Å². The molecule has 19 heavy (non-hydrogen) atoms. The van der Waals surface area contributed by atoms with Crippen molar-refractivity contribution in [2.24, 2.45) is 0 Å². The fraction of sp³-hybridized carbons (Fsp3) is 0.200. The lowest BCUT2D eigenvalue weighted by Crippen LogP contribution is -1.96. The molecule has 2 rings (SSSR count). The highest BCUT2D eigenvalue weighted by molar-refractivity contribution is 5.60. The second-order valence-electron chi connectivity index (χ2n) is 4.88. The molecule has 0 bridgehead atoms. The number of nitrogens with two attached hydrogens (primary N) is 2. The van der Waals surface area contributed by atoms with E-state index in [1.165, 1.54) is 0 Å². The molecule has 0 aliphatic rings. The van der Waals surface area contributed by atoms with Crippen LogP contribution in [-0.4, -0.2) is 10.2 Å². The molecule has 6 N–H and O–H groups in total. The summed E-state index contributed by atoms with van der Waals surface area (Å²) < 4.78 is 0. The van der Waals surface area contributed by atoms with Crippen molar-refractivity contribution >= 4 is 11.4 Å². The molecular formula is C15H18N2O2. The van der Waals surface area contributed by atoms with Gasteiger partial charge in [-0.05, 0) is 54.7 Å². The van der Waals surface area contributed by atoms with E-state index in [0.717, 1.165) is 22.3 Å². The first-order valence-corrected chi connectivity index (χ1v) is 6.04. The van der Waals surface area contributed by atoms with Crippen molar-refractivity contribution in [3.05, 3.63) is 46.5 Å². The van der Waals surface area contributed by atoms with E-state index in [2.05, 4.69) is 0 Å². The maximum absolute atomic E-state index is 9.64. The molecule has 0 unspecified atom stereocenters. The summed E-state index contributed by atoms with van der Waals surface area (Å²) in [6, 6.07) is 7.29. The van der Waals surface area contributed by atoms with Gasteiger partial charge in [-0.2, -0.15) is 0 Å². The van der Waals surface area contributed by atoms with E-state index in [-0.39, 0.29) is 11.5 Å². The van der Waals surface area contributed by atoms with Crippen molar-refractivity contribution in [3.8, 4) is 11.5 Å². The van der Waals surface area contributed by atoms with E-state index in [1.54, 1.807) is 12.1 Å². The highest BCUT2D eigenvalue weighted by Gasteiger charge is 2.08. The van der Waals surface area contributed by atoms with E-state index < -0.39 is 0 Å². The van der Waals surface area contributed by atoms with Gasteiger partial charge >= 0.3 is 0 Å². The van der Waals surface area contributed by atoms with E-state index in [0.29, 0.717) is 17.8 Å². The molecule has 2 aromatic carbocycles.